The summed E-state index contributed by atoms with van der Waals surface area (Å²) in [6, 6.07) is 9.46. The molecule has 0 aliphatic heterocycles. The smallest absolute Gasteiger partial charge is 0.159 e. The van der Waals surface area contributed by atoms with Crippen LogP contribution in [0.4, 0.5) is 10.1 Å². The molecule has 3 aromatic heterocycles. The summed E-state index contributed by atoms with van der Waals surface area (Å²) in [6.45, 7) is 12.0. The molecule has 168 valence electrons. The first kappa shape index (κ1) is 22.2. The molecule has 0 radical (unpaired) electrons. The summed E-state index contributed by atoms with van der Waals surface area (Å²) in [4.78, 5) is 12.1. The van der Waals surface area contributed by atoms with Crippen molar-refractivity contribution in [3.05, 3.63) is 77.7 Å². The molecule has 0 bridgehead atoms. The quantitative estimate of drug-likeness (QED) is 0.356. The normalized spacial score (nSPS) is 12.8. The topological polar surface area (TPSA) is 82.3 Å². The van der Waals surface area contributed by atoms with Crippen molar-refractivity contribution in [3.8, 4) is 11.5 Å². The standard InChI is InChI=1S/C26H27FN6/c1-5-7-10-16(3)29-19-13-18(14-28-15-19)17(4)24(27)23-20(6-2)32-33-25(23)26-30-21-11-8-9-12-22(21)31-26/h6,8-9,11-15,29,32H,3-5,7,10H2,1-2H3,(H,30,31)/b20-6+,24-23-. The molecule has 4 rings (SSSR count). The van der Waals surface area contributed by atoms with Gasteiger partial charge in [0.2, 0.25) is 0 Å². The van der Waals surface area contributed by atoms with E-state index in [9.17, 15) is 0 Å². The average Bonchev–Trinajstić information content (AvgIpc) is 3.45. The van der Waals surface area contributed by atoms with Crippen LogP contribution in [0.2, 0.25) is 0 Å². The molecular weight excluding hydrogens is 415 g/mol. The van der Waals surface area contributed by atoms with E-state index in [1.54, 1.807) is 18.5 Å². The first-order valence-corrected chi connectivity index (χ1v) is 11.0. The Morgan fingerprint density at radius 3 is 2.79 bits per heavy atom. The van der Waals surface area contributed by atoms with Gasteiger partial charge in [0.25, 0.3) is 0 Å². The van der Waals surface area contributed by atoms with Gasteiger partial charge in [-0.2, -0.15) is 5.10 Å². The lowest BCUT2D eigenvalue weighted by Crippen LogP contribution is -2.26. The van der Waals surface area contributed by atoms with Gasteiger partial charge in [0.15, 0.2) is 5.82 Å². The summed E-state index contributed by atoms with van der Waals surface area (Å²) < 4.78 is 15.9. The van der Waals surface area contributed by atoms with Gasteiger partial charge in [0, 0.05) is 23.0 Å². The minimum atomic E-state index is -0.490. The van der Waals surface area contributed by atoms with E-state index in [0.717, 1.165) is 41.7 Å². The van der Waals surface area contributed by atoms with Crippen molar-refractivity contribution in [2.45, 2.75) is 33.1 Å². The predicted octanol–water partition coefficient (Wildman–Crippen LogP) is 5.06. The zero-order valence-electron chi connectivity index (χ0n) is 18.9. The molecule has 0 aliphatic rings. The molecule has 1 aromatic carbocycles. The van der Waals surface area contributed by atoms with Gasteiger partial charge in [0.1, 0.15) is 11.5 Å². The highest BCUT2D eigenvalue weighted by molar-refractivity contribution is 5.94. The number of hydrogen-bond acceptors (Lipinski definition) is 4. The van der Waals surface area contributed by atoms with E-state index in [2.05, 4.69) is 50.5 Å². The van der Waals surface area contributed by atoms with Crippen LogP contribution in [-0.4, -0.2) is 25.1 Å². The Bertz CT molecular complexity index is 1410. The van der Waals surface area contributed by atoms with Gasteiger partial charge >= 0.3 is 0 Å². The number of imidazole rings is 1. The number of aromatic nitrogens is 5. The second-order valence-electron chi connectivity index (χ2n) is 7.84. The monoisotopic (exact) mass is 442 g/mol. The molecule has 4 aromatic rings. The predicted molar refractivity (Wildman–Crippen MR) is 133 cm³/mol. The van der Waals surface area contributed by atoms with Crippen LogP contribution in [0, 0.1) is 0 Å². The lowest BCUT2D eigenvalue weighted by atomic mass is 10.1. The molecule has 6 nitrogen and oxygen atoms in total. The lowest BCUT2D eigenvalue weighted by molar-refractivity contribution is 0.764. The number of para-hydroxylation sites is 2. The maximum absolute atomic E-state index is 15.9. The number of pyridine rings is 1. The molecule has 3 N–H and O–H groups in total. The van der Waals surface area contributed by atoms with Gasteiger partial charge in [-0.3, -0.25) is 10.1 Å². The number of aromatic amines is 2. The first-order chi connectivity index (χ1) is 16.0. The third-order valence-corrected chi connectivity index (χ3v) is 5.42. The summed E-state index contributed by atoms with van der Waals surface area (Å²) in [7, 11) is 0. The van der Waals surface area contributed by atoms with Gasteiger partial charge in [-0.1, -0.05) is 44.7 Å². The van der Waals surface area contributed by atoms with Crippen molar-refractivity contribution in [1.29, 1.82) is 0 Å². The first-order valence-electron chi connectivity index (χ1n) is 11.0. The molecule has 0 fully saturated rings. The molecule has 0 aliphatic carbocycles. The fourth-order valence-corrected chi connectivity index (χ4v) is 3.63. The number of anilines is 1. The Hall–Kier alpha value is -4.00. The molecule has 0 unspecified atom stereocenters. The molecule has 0 saturated carbocycles. The Kier molecular flexibility index (Phi) is 6.49. The van der Waals surface area contributed by atoms with Crippen LogP contribution in [0.25, 0.3) is 40.0 Å². The fraction of sp³-hybridized carbons (Fsp3) is 0.192. The summed E-state index contributed by atoms with van der Waals surface area (Å²) in [5, 5.41) is 11.4. The minimum Gasteiger partial charge on any atom is -0.358 e. The van der Waals surface area contributed by atoms with Crippen molar-refractivity contribution in [3.63, 3.8) is 0 Å². The summed E-state index contributed by atoms with van der Waals surface area (Å²) >= 11 is 0. The molecule has 33 heavy (non-hydrogen) atoms. The van der Waals surface area contributed by atoms with Crippen LogP contribution in [0.1, 0.15) is 38.7 Å². The van der Waals surface area contributed by atoms with Crippen molar-refractivity contribution in [1.82, 2.24) is 25.1 Å². The van der Waals surface area contributed by atoms with Gasteiger partial charge in [-0.25, -0.2) is 9.37 Å². The van der Waals surface area contributed by atoms with E-state index < -0.39 is 5.83 Å². The van der Waals surface area contributed by atoms with Gasteiger partial charge in [-0.05, 0) is 38.0 Å². The minimum absolute atomic E-state index is 0.215. The average molecular weight is 443 g/mol. The molecule has 3 heterocycles. The number of nitrogens with one attached hydrogen (secondary N) is 3. The fourth-order valence-electron chi connectivity index (χ4n) is 3.63. The van der Waals surface area contributed by atoms with E-state index in [-0.39, 0.29) is 5.57 Å². The highest BCUT2D eigenvalue weighted by Crippen LogP contribution is 2.25. The largest absolute Gasteiger partial charge is 0.358 e. The third-order valence-electron chi connectivity index (χ3n) is 5.42. The van der Waals surface area contributed by atoms with Crippen LogP contribution in [-0.2, 0) is 0 Å². The second kappa shape index (κ2) is 9.65. The summed E-state index contributed by atoms with van der Waals surface area (Å²) in [5.74, 6) is -0.00432. The van der Waals surface area contributed by atoms with Gasteiger partial charge in [0.05, 0.1) is 33.5 Å². The SMILES string of the molecule is C=C(CCCC)Nc1cncc(C(=C)/C(F)=c2/c(-c3nc4ccccc4[nH]3)n[nH]/c2=C/C)c1. The van der Waals surface area contributed by atoms with Crippen molar-refractivity contribution >= 4 is 34.2 Å². The number of rotatable bonds is 8. The maximum atomic E-state index is 15.9. The third kappa shape index (κ3) is 4.62. The van der Waals surface area contributed by atoms with E-state index in [4.69, 9.17) is 0 Å². The molecular formula is C26H27FN6. The van der Waals surface area contributed by atoms with Crippen LogP contribution in [0.15, 0.2) is 61.6 Å². The highest BCUT2D eigenvalue weighted by atomic mass is 19.1. The van der Waals surface area contributed by atoms with Crippen molar-refractivity contribution < 1.29 is 4.39 Å². The number of unbranched alkanes of at least 4 members (excludes halogenated alkanes) is 1. The summed E-state index contributed by atoms with van der Waals surface area (Å²) in [5.41, 5.74) is 4.47. The number of fused-ring (bicyclic) bond motifs is 1. The Morgan fingerprint density at radius 2 is 2.03 bits per heavy atom. The lowest BCUT2D eigenvalue weighted by Gasteiger charge is -2.11. The van der Waals surface area contributed by atoms with Gasteiger partial charge in [-0.15, -0.1) is 0 Å². The zero-order chi connectivity index (χ0) is 23.4. The van der Waals surface area contributed by atoms with E-state index in [1.165, 1.54) is 0 Å². The van der Waals surface area contributed by atoms with Crippen molar-refractivity contribution in [2.24, 2.45) is 0 Å². The second-order valence-corrected chi connectivity index (χ2v) is 7.84. The molecule has 0 spiro atoms. The van der Waals surface area contributed by atoms with Gasteiger partial charge < -0.3 is 10.3 Å². The molecule has 0 amide bonds. The highest BCUT2D eigenvalue weighted by Gasteiger charge is 2.17. The Balaban J connectivity index is 1.75. The van der Waals surface area contributed by atoms with Crippen LogP contribution in [0.5, 0.6) is 0 Å². The number of H-pyrrole nitrogens is 2. The van der Waals surface area contributed by atoms with E-state index >= 15 is 4.39 Å². The van der Waals surface area contributed by atoms with E-state index in [1.807, 2.05) is 37.3 Å². The molecule has 0 atom stereocenters. The van der Waals surface area contributed by atoms with Crippen molar-refractivity contribution in [2.75, 3.05) is 5.32 Å². The van der Waals surface area contributed by atoms with E-state index in [0.29, 0.717) is 27.6 Å². The molecule has 0 saturated heterocycles. The number of benzene rings is 1. The zero-order valence-corrected chi connectivity index (χ0v) is 18.9. The van der Waals surface area contributed by atoms with Crippen LogP contribution in [0.3, 0.4) is 0 Å². The van der Waals surface area contributed by atoms with Crippen LogP contribution >= 0.6 is 0 Å². The summed E-state index contributed by atoms with van der Waals surface area (Å²) in [6.07, 6.45) is 8.07. The number of nitrogens with zero attached hydrogens (tertiary/aromatic N) is 3. The Morgan fingerprint density at radius 1 is 1.21 bits per heavy atom. The Labute approximate surface area is 191 Å². The maximum Gasteiger partial charge on any atom is 0.159 e. The number of hydrogen-bond donors (Lipinski definition) is 3. The van der Waals surface area contributed by atoms with Crippen LogP contribution < -0.4 is 15.9 Å². The number of halogens is 1. The molecule has 7 heteroatoms. The number of allylic oxidation sites excluding steroid dienone is 2.